The van der Waals surface area contributed by atoms with Gasteiger partial charge < -0.3 is 10.6 Å². The average molecular weight is 182 g/mol. The molecule has 2 heterocycles. The Kier molecular flexibility index (Phi) is 2.36. The fraction of sp³-hybridized carbons (Fsp3) is 0.600. The summed E-state index contributed by atoms with van der Waals surface area (Å²) in [5.74, 6) is 0. The summed E-state index contributed by atoms with van der Waals surface area (Å²) < 4.78 is 14.3. The van der Waals surface area contributed by atoms with Crippen molar-refractivity contribution in [2.75, 3.05) is 13.1 Å². The van der Waals surface area contributed by atoms with Gasteiger partial charge in [-0.15, -0.1) is 0 Å². The maximum Gasteiger partial charge on any atom is 0.137 e. The molecule has 0 amide bonds. The summed E-state index contributed by atoms with van der Waals surface area (Å²) in [6.45, 7) is 1.57. The number of allylic oxidation sites excluding steroid dienone is 2. The normalized spacial score (nSPS) is 31.3. The number of dihydropyridines is 1. The number of hydrogen-bond donors (Lipinski definition) is 2. The molecular formula is C10H15FN2. The summed E-state index contributed by atoms with van der Waals surface area (Å²) >= 11 is 0. The maximum atomic E-state index is 14.3. The highest BCUT2D eigenvalue weighted by molar-refractivity contribution is 5.17. The van der Waals surface area contributed by atoms with Gasteiger partial charge in [0.1, 0.15) is 5.67 Å². The first-order chi connectivity index (χ1) is 6.31. The van der Waals surface area contributed by atoms with Gasteiger partial charge in [-0.3, -0.25) is 0 Å². The Morgan fingerprint density at radius 2 is 2.00 bits per heavy atom. The molecule has 2 rings (SSSR count). The quantitative estimate of drug-likeness (QED) is 0.635. The molecule has 0 aliphatic carbocycles. The second-order valence-electron chi connectivity index (χ2n) is 3.67. The molecule has 1 fully saturated rings. The molecule has 1 atom stereocenters. The zero-order valence-electron chi connectivity index (χ0n) is 7.59. The number of nitrogens with one attached hydrogen (secondary N) is 2. The fourth-order valence-electron chi connectivity index (χ4n) is 1.92. The summed E-state index contributed by atoms with van der Waals surface area (Å²) in [6, 6.07) is -0.139. The van der Waals surface area contributed by atoms with Crippen LogP contribution in [-0.4, -0.2) is 24.8 Å². The van der Waals surface area contributed by atoms with Crippen molar-refractivity contribution in [3.63, 3.8) is 0 Å². The van der Waals surface area contributed by atoms with Gasteiger partial charge in [-0.25, -0.2) is 4.39 Å². The van der Waals surface area contributed by atoms with Gasteiger partial charge in [-0.2, -0.15) is 0 Å². The zero-order chi connectivity index (χ0) is 9.15. The van der Waals surface area contributed by atoms with Gasteiger partial charge in [0.05, 0.1) is 6.04 Å². The van der Waals surface area contributed by atoms with Crippen LogP contribution in [0.1, 0.15) is 12.8 Å². The van der Waals surface area contributed by atoms with Crippen molar-refractivity contribution in [3.05, 3.63) is 24.4 Å². The molecule has 2 aliphatic heterocycles. The van der Waals surface area contributed by atoms with Crippen LogP contribution < -0.4 is 10.6 Å². The molecule has 0 bridgehead atoms. The molecule has 1 unspecified atom stereocenters. The van der Waals surface area contributed by atoms with E-state index in [2.05, 4.69) is 10.6 Å². The van der Waals surface area contributed by atoms with Crippen LogP contribution >= 0.6 is 0 Å². The highest BCUT2D eigenvalue weighted by Crippen LogP contribution is 2.28. The molecular weight excluding hydrogens is 167 g/mol. The number of halogens is 1. The predicted octanol–water partition coefficient (Wildman–Crippen LogP) is 1.12. The molecule has 1 saturated heterocycles. The minimum absolute atomic E-state index is 0.139. The predicted molar refractivity (Wildman–Crippen MR) is 51.1 cm³/mol. The Morgan fingerprint density at radius 1 is 1.23 bits per heavy atom. The zero-order valence-corrected chi connectivity index (χ0v) is 7.59. The Labute approximate surface area is 77.9 Å². The second kappa shape index (κ2) is 3.50. The molecule has 0 aromatic carbocycles. The summed E-state index contributed by atoms with van der Waals surface area (Å²) in [5.41, 5.74) is -1.06. The molecule has 0 saturated carbocycles. The van der Waals surface area contributed by atoms with E-state index in [0.717, 1.165) is 13.1 Å². The molecule has 0 aromatic heterocycles. The number of rotatable bonds is 1. The van der Waals surface area contributed by atoms with Crippen LogP contribution in [0.25, 0.3) is 0 Å². The van der Waals surface area contributed by atoms with Gasteiger partial charge in [0.25, 0.3) is 0 Å². The van der Waals surface area contributed by atoms with Crippen LogP contribution in [0.4, 0.5) is 4.39 Å². The molecule has 0 spiro atoms. The molecule has 0 radical (unpaired) electrons. The summed E-state index contributed by atoms with van der Waals surface area (Å²) in [5, 5.41) is 6.23. The van der Waals surface area contributed by atoms with Crippen LogP contribution in [-0.2, 0) is 0 Å². The van der Waals surface area contributed by atoms with Gasteiger partial charge in [0, 0.05) is 0 Å². The Bertz CT molecular complexity index is 229. The minimum Gasteiger partial charge on any atom is -0.382 e. The van der Waals surface area contributed by atoms with Crippen molar-refractivity contribution in [2.24, 2.45) is 0 Å². The first-order valence-electron chi connectivity index (χ1n) is 4.80. The lowest BCUT2D eigenvalue weighted by atomic mass is 9.86. The van der Waals surface area contributed by atoms with Gasteiger partial charge in [0.15, 0.2) is 0 Å². The first-order valence-corrected chi connectivity index (χ1v) is 4.80. The minimum atomic E-state index is -1.06. The van der Waals surface area contributed by atoms with Crippen molar-refractivity contribution in [2.45, 2.75) is 24.6 Å². The van der Waals surface area contributed by atoms with Gasteiger partial charge in [-0.05, 0) is 38.2 Å². The van der Waals surface area contributed by atoms with Crippen LogP contribution in [0.3, 0.4) is 0 Å². The van der Waals surface area contributed by atoms with Gasteiger partial charge >= 0.3 is 0 Å². The number of piperidine rings is 1. The fourth-order valence-corrected chi connectivity index (χ4v) is 1.92. The lowest BCUT2D eigenvalue weighted by Crippen LogP contribution is -2.51. The van der Waals surface area contributed by atoms with Crippen LogP contribution in [0, 0.1) is 0 Å². The summed E-state index contributed by atoms with van der Waals surface area (Å²) in [4.78, 5) is 0. The van der Waals surface area contributed by atoms with E-state index in [1.807, 2.05) is 24.4 Å². The topological polar surface area (TPSA) is 24.1 Å². The van der Waals surface area contributed by atoms with E-state index in [4.69, 9.17) is 0 Å². The molecule has 2 N–H and O–H groups in total. The largest absolute Gasteiger partial charge is 0.382 e. The Morgan fingerprint density at radius 3 is 2.62 bits per heavy atom. The van der Waals surface area contributed by atoms with E-state index >= 15 is 0 Å². The van der Waals surface area contributed by atoms with E-state index in [1.54, 1.807) is 0 Å². The highest BCUT2D eigenvalue weighted by atomic mass is 19.1. The standard InChI is InChI=1S/C10H15FN2/c11-10(4-7-12-8-5-10)9-3-1-2-6-13-9/h1-3,6,9,12-13H,4-5,7-8H2. The average Bonchev–Trinajstić information content (AvgIpc) is 2.20. The van der Waals surface area contributed by atoms with Crippen LogP contribution in [0.5, 0.6) is 0 Å². The maximum absolute atomic E-state index is 14.3. The third-order valence-corrected chi connectivity index (χ3v) is 2.78. The molecule has 13 heavy (non-hydrogen) atoms. The molecule has 2 nitrogen and oxygen atoms in total. The van der Waals surface area contributed by atoms with Crippen molar-refractivity contribution >= 4 is 0 Å². The summed E-state index contributed by atoms with van der Waals surface area (Å²) in [7, 11) is 0. The first kappa shape index (κ1) is 8.75. The third kappa shape index (κ3) is 1.75. The van der Waals surface area contributed by atoms with E-state index in [1.165, 1.54) is 0 Å². The number of hydrogen-bond acceptors (Lipinski definition) is 2. The molecule has 72 valence electrons. The van der Waals surface area contributed by atoms with Gasteiger partial charge in [0.2, 0.25) is 0 Å². The highest BCUT2D eigenvalue weighted by Gasteiger charge is 2.38. The lowest BCUT2D eigenvalue weighted by molar-refractivity contribution is 0.0905. The van der Waals surface area contributed by atoms with Crippen LogP contribution in [0.15, 0.2) is 24.4 Å². The van der Waals surface area contributed by atoms with Crippen molar-refractivity contribution in [1.82, 2.24) is 10.6 Å². The smallest absolute Gasteiger partial charge is 0.137 e. The van der Waals surface area contributed by atoms with Crippen molar-refractivity contribution < 1.29 is 4.39 Å². The van der Waals surface area contributed by atoms with E-state index in [-0.39, 0.29) is 6.04 Å². The number of alkyl halides is 1. The van der Waals surface area contributed by atoms with Gasteiger partial charge in [-0.1, -0.05) is 12.2 Å². The SMILES string of the molecule is FC1(C2C=CC=CN2)CCNCC1. The Hall–Kier alpha value is -0.830. The van der Waals surface area contributed by atoms with Crippen LogP contribution in [0.2, 0.25) is 0 Å². The monoisotopic (exact) mass is 182 g/mol. The third-order valence-electron chi connectivity index (χ3n) is 2.78. The van der Waals surface area contributed by atoms with E-state index in [9.17, 15) is 4.39 Å². The van der Waals surface area contributed by atoms with E-state index < -0.39 is 5.67 Å². The second-order valence-corrected chi connectivity index (χ2v) is 3.67. The Balaban J connectivity index is 2.04. The molecule has 2 aliphatic rings. The van der Waals surface area contributed by atoms with Crippen molar-refractivity contribution in [3.8, 4) is 0 Å². The molecule has 3 heteroatoms. The van der Waals surface area contributed by atoms with Crippen molar-refractivity contribution in [1.29, 1.82) is 0 Å². The molecule has 0 aromatic rings. The summed E-state index contributed by atoms with van der Waals surface area (Å²) in [6.07, 6.45) is 8.72. The van der Waals surface area contributed by atoms with E-state index in [0.29, 0.717) is 12.8 Å². The lowest BCUT2D eigenvalue weighted by Gasteiger charge is -2.36.